The van der Waals surface area contributed by atoms with Crippen LogP contribution in [0.25, 0.3) is 0 Å². The van der Waals surface area contributed by atoms with Crippen LogP contribution in [0.3, 0.4) is 0 Å². The van der Waals surface area contributed by atoms with E-state index in [-0.39, 0.29) is 21.2 Å². The van der Waals surface area contributed by atoms with Crippen molar-refractivity contribution in [3.8, 4) is 0 Å². The van der Waals surface area contributed by atoms with E-state index in [4.69, 9.17) is 46.4 Å². The van der Waals surface area contributed by atoms with Gasteiger partial charge in [-0.2, -0.15) is 10.2 Å². The van der Waals surface area contributed by atoms with Crippen molar-refractivity contribution in [2.75, 3.05) is 0 Å². The van der Waals surface area contributed by atoms with Crippen molar-refractivity contribution in [3.63, 3.8) is 0 Å². The van der Waals surface area contributed by atoms with Crippen molar-refractivity contribution >= 4 is 70.6 Å². The fourth-order valence-corrected chi connectivity index (χ4v) is 3.51. The molecule has 0 aromatic heterocycles. The fourth-order valence-electron chi connectivity index (χ4n) is 2.52. The van der Waals surface area contributed by atoms with Gasteiger partial charge in [0.15, 0.2) is 0 Å². The summed E-state index contributed by atoms with van der Waals surface area (Å²) in [6.07, 6.45) is 2.93. The second kappa shape index (κ2) is 11.1. The minimum absolute atomic E-state index is 0.227. The molecule has 10 heteroatoms. The number of carbonyl (C=O) groups excluding carboxylic acids is 2. The van der Waals surface area contributed by atoms with Crippen LogP contribution < -0.4 is 10.9 Å². The molecule has 0 aliphatic heterocycles. The molecule has 2 N–H and O–H groups in total. The number of rotatable bonds is 6. The summed E-state index contributed by atoms with van der Waals surface area (Å²) < 4.78 is 0. The Labute approximate surface area is 203 Å². The summed E-state index contributed by atoms with van der Waals surface area (Å²) >= 11 is 23.7. The Balaban J connectivity index is 1.60. The lowest BCUT2D eigenvalue weighted by molar-refractivity contribution is 0.0947. The Kier molecular flexibility index (Phi) is 8.25. The first kappa shape index (κ1) is 23.8. The number of hydrogen-bond acceptors (Lipinski definition) is 4. The zero-order valence-corrected chi connectivity index (χ0v) is 19.2. The smallest absolute Gasteiger partial charge is 0.267 e. The van der Waals surface area contributed by atoms with E-state index in [1.54, 1.807) is 36.4 Å². The summed E-state index contributed by atoms with van der Waals surface area (Å²) in [4.78, 5) is 24.3. The maximum Gasteiger partial charge on any atom is 0.272 e. The zero-order valence-electron chi connectivity index (χ0n) is 16.2. The number of nitrogens with one attached hydrogen (secondary N) is 2. The van der Waals surface area contributed by atoms with Crippen LogP contribution in [0.15, 0.2) is 70.9 Å². The van der Waals surface area contributed by atoms with Crippen molar-refractivity contribution in [1.82, 2.24) is 10.9 Å². The number of halogens is 4. The van der Waals surface area contributed by atoms with Gasteiger partial charge in [-0.05, 0) is 53.6 Å². The van der Waals surface area contributed by atoms with Gasteiger partial charge in [0.05, 0.1) is 33.6 Å². The van der Waals surface area contributed by atoms with Crippen LogP contribution in [0.2, 0.25) is 20.1 Å². The fraction of sp³-hybridized carbons (Fsp3) is 0. The molecule has 0 fully saturated rings. The predicted molar refractivity (Wildman–Crippen MR) is 129 cm³/mol. The molecule has 0 aliphatic carbocycles. The molecule has 0 radical (unpaired) electrons. The van der Waals surface area contributed by atoms with Crippen LogP contribution in [0.4, 0.5) is 0 Å². The highest BCUT2D eigenvalue weighted by atomic mass is 35.5. The lowest BCUT2D eigenvalue weighted by Gasteiger charge is -2.03. The first-order chi connectivity index (χ1) is 15.3. The highest BCUT2D eigenvalue weighted by molar-refractivity contribution is 6.37. The van der Waals surface area contributed by atoms with E-state index in [9.17, 15) is 9.59 Å². The number of hydrazone groups is 2. The maximum absolute atomic E-state index is 12.2. The molecule has 0 saturated heterocycles. The highest BCUT2D eigenvalue weighted by Crippen LogP contribution is 2.21. The molecule has 3 aromatic rings. The molecule has 162 valence electrons. The molecule has 0 aliphatic rings. The van der Waals surface area contributed by atoms with Gasteiger partial charge in [-0.15, -0.1) is 0 Å². The third-order valence-corrected chi connectivity index (χ3v) is 5.12. The predicted octanol–water partition coefficient (Wildman–Crippen LogP) is 5.83. The topological polar surface area (TPSA) is 82.9 Å². The van der Waals surface area contributed by atoms with E-state index in [2.05, 4.69) is 21.1 Å². The molecule has 3 aromatic carbocycles. The number of amides is 2. The van der Waals surface area contributed by atoms with Gasteiger partial charge in [0.25, 0.3) is 11.8 Å². The lowest BCUT2D eigenvalue weighted by Crippen LogP contribution is -2.18. The average molecular weight is 508 g/mol. The molecule has 32 heavy (non-hydrogen) atoms. The standard InChI is InChI=1S/C22H14Cl4N4O2/c23-15-4-6-17(19(25)9-15)21(31)29-27-11-13-2-1-3-14(8-13)12-28-30-22(32)18-7-5-16(24)10-20(18)26/h1-12H,(H,29,31)(H,30,32). The van der Waals surface area contributed by atoms with Crippen molar-refractivity contribution < 1.29 is 9.59 Å². The van der Waals surface area contributed by atoms with Gasteiger partial charge in [-0.3, -0.25) is 9.59 Å². The van der Waals surface area contributed by atoms with E-state index in [1.165, 1.54) is 36.7 Å². The van der Waals surface area contributed by atoms with Gasteiger partial charge in [0.2, 0.25) is 0 Å². The van der Waals surface area contributed by atoms with Gasteiger partial charge in [-0.25, -0.2) is 10.9 Å². The van der Waals surface area contributed by atoms with Crippen molar-refractivity contribution in [1.29, 1.82) is 0 Å². The molecule has 3 rings (SSSR count). The molecule has 2 amide bonds. The molecule has 0 bridgehead atoms. The van der Waals surface area contributed by atoms with E-state index in [0.29, 0.717) is 21.2 Å². The second-order valence-electron chi connectivity index (χ2n) is 6.32. The second-order valence-corrected chi connectivity index (χ2v) is 8.00. The average Bonchev–Trinajstić information content (AvgIpc) is 2.74. The quantitative estimate of drug-likeness (QED) is 0.325. The Hall–Kier alpha value is -2.90. The first-order valence-corrected chi connectivity index (χ1v) is 10.5. The molecular formula is C22H14Cl4N4O2. The van der Waals surface area contributed by atoms with E-state index < -0.39 is 11.8 Å². The first-order valence-electron chi connectivity index (χ1n) is 9.00. The van der Waals surface area contributed by atoms with Crippen LogP contribution >= 0.6 is 46.4 Å². The highest BCUT2D eigenvalue weighted by Gasteiger charge is 2.10. The Morgan fingerprint density at radius 3 is 1.50 bits per heavy atom. The molecule has 0 spiro atoms. The van der Waals surface area contributed by atoms with Crippen molar-refractivity contribution in [3.05, 3.63) is 103 Å². The minimum Gasteiger partial charge on any atom is -0.267 e. The third kappa shape index (κ3) is 6.55. The van der Waals surface area contributed by atoms with E-state index in [1.807, 2.05) is 0 Å². The summed E-state index contributed by atoms with van der Waals surface area (Å²) in [5.41, 5.74) is 6.71. The van der Waals surface area contributed by atoms with Crippen LogP contribution in [0.5, 0.6) is 0 Å². The summed E-state index contributed by atoms with van der Waals surface area (Å²) in [5, 5.41) is 9.18. The normalized spacial score (nSPS) is 11.1. The SMILES string of the molecule is O=C(NN=Cc1cccc(C=NNC(=O)c2ccc(Cl)cc2Cl)c1)c1ccc(Cl)cc1Cl. The molecule has 0 saturated carbocycles. The molecular weight excluding hydrogens is 494 g/mol. The summed E-state index contributed by atoms with van der Waals surface area (Å²) in [6, 6.07) is 16.2. The summed E-state index contributed by atoms with van der Waals surface area (Å²) in [6.45, 7) is 0. The molecule has 0 heterocycles. The molecule has 0 atom stereocenters. The van der Waals surface area contributed by atoms with Gasteiger partial charge in [0.1, 0.15) is 0 Å². The van der Waals surface area contributed by atoms with Crippen LogP contribution in [0.1, 0.15) is 31.8 Å². The third-order valence-electron chi connectivity index (χ3n) is 4.02. The maximum atomic E-state index is 12.2. The Morgan fingerprint density at radius 2 is 1.09 bits per heavy atom. The van der Waals surface area contributed by atoms with Crippen molar-refractivity contribution in [2.45, 2.75) is 0 Å². The van der Waals surface area contributed by atoms with Gasteiger partial charge >= 0.3 is 0 Å². The lowest BCUT2D eigenvalue weighted by atomic mass is 10.1. The van der Waals surface area contributed by atoms with E-state index in [0.717, 1.165) is 0 Å². The number of hydrogen-bond donors (Lipinski definition) is 2. The molecule has 6 nitrogen and oxygen atoms in total. The Bertz CT molecular complexity index is 1140. The van der Waals surface area contributed by atoms with Gasteiger partial charge in [0, 0.05) is 10.0 Å². The minimum atomic E-state index is -0.468. The van der Waals surface area contributed by atoms with Crippen molar-refractivity contribution in [2.24, 2.45) is 10.2 Å². The van der Waals surface area contributed by atoms with Crippen LogP contribution in [-0.2, 0) is 0 Å². The van der Waals surface area contributed by atoms with Crippen LogP contribution in [-0.4, -0.2) is 24.2 Å². The molecule has 0 unspecified atom stereocenters. The largest absolute Gasteiger partial charge is 0.272 e. The summed E-state index contributed by atoms with van der Waals surface area (Å²) in [5.74, 6) is -0.937. The number of benzene rings is 3. The monoisotopic (exact) mass is 506 g/mol. The van der Waals surface area contributed by atoms with Gasteiger partial charge < -0.3 is 0 Å². The van der Waals surface area contributed by atoms with Crippen LogP contribution in [0, 0.1) is 0 Å². The summed E-state index contributed by atoms with van der Waals surface area (Å²) in [7, 11) is 0. The number of nitrogens with zero attached hydrogens (tertiary/aromatic N) is 2. The zero-order chi connectivity index (χ0) is 23.1. The number of carbonyl (C=O) groups is 2. The Morgan fingerprint density at radius 1 is 0.656 bits per heavy atom. The van der Waals surface area contributed by atoms with E-state index >= 15 is 0 Å². The van der Waals surface area contributed by atoms with Gasteiger partial charge in [-0.1, -0.05) is 64.6 Å².